The zero-order valence-electron chi connectivity index (χ0n) is 10.1. The third-order valence-electron chi connectivity index (χ3n) is 2.88. The van der Waals surface area contributed by atoms with Crippen molar-refractivity contribution in [3.05, 3.63) is 53.1 Å². The van der Waals surface area contributed by atoms with Crippen molar-refractivity contribution >= 4 is 28.3 Å². The lowest BCUT2D eigenvalue weighted by Gasteiger charge is -2.07. The van der Waals surface area contributed by atoms with Gasteiger partial charge < -0.3 is 5.73 Å². The highest BCUT2D eigenvalue weighted by Gasteiger charge is 2.14. The zero-order chi connectivity index (χ0) is 14.3. The topological polar surface area (TPSA) is 51.8 Å². The lowest BCUT2D eigenvalue weighted by molar-refractivity contribution is 0.510. The van der Waals surface area contributed by atoms with Gasteiger partial charge in [-0.25, -0.2) is 18.7 Å². The number of nitrogen functional groups attached to an aromatic ring is 1. The normalized spacial score (nSPS) is 10.9. The van der Waals surface area contributed by atoms with Crippen LogP contribution in [-0.4, -0.2) is 9.97 Å². The van der Waals surface area contributed by atoms with E-state index in [9.17, 15) is 8.78 Å². The van der Waals surface area contributed by atoms with Crippen LogP contribution in [0.15, 0.2) is 36.4 Å². The molecule has 0 spiro atoms. The fourth-order valence-corrected chi connectivity index (χ4v) is 2.09. The first-order valence-corrected chi connectivity index (χ1v) is 6.11. The average molecular weight is 292 g/mol. The number of halogens is 3. The summed E-state index contributed by atoms with van der Waals surface area (Å²) in [4.78, 5) is 8.21. The Bertz CT molecular complexity index is 821. The van der Waals surface area contributed by atoms with Crippen LogP contribution in [0.3, 0.4) is 0 Å². The van der Waals surface area contributed by atoms with Crippen molar-refractivity contribution in [2.24, 2.45) is 0 Å². The van der Waals surface area contributed by atoms with E-state index in [0.29, 0.717) is 15.9 Å². The van der Waals surface area contributed by atoms with Crippen LogP contribution in [0, 0.1) is 11.6 Å². The molecular weight excluding hydrogens is 284 g/mol. The van der Waals surface area contributed by atoms with Crippen molar-refractivity contribution in [3.63, 3.8) is 0 Å². The van der Waals surface area contributed by atoms with Crippen LogP contribution < -0.4 is 5.73 Å². The number of nitrogens with two attached hydrogens (primary N) is 1. The maximum Gasteiger partial charge on any atom is 0.169 e. The summed E-state index contributed by atoms with van der Waals surface area (Å²) >= 11 is 5.87. The summed E-state index contributed by atoms with van der Waals surface area (Å²) in [5, 5.41) is 1.07. The van der Waals surface area contributed by atoms with Crippen LogP contribution in [0.5, 0.6) is 0 Å². The van der Waals surface area contributed by atoms with E-state index >= 15 is 0 Å². The van der Waals surface area contributed by atoms with Crippen LogP contribution in [0.25, 0.3) is 22.3 Å². The lowest BCUT2D eigenvalue weighted by atomic mass is 10.1. The summed E-state index contributed by atoms with van der Waals surface area (Å²) in [5.41, 5.74) is 6.31. The molecule has 3 aromatic rings. The van der Waals surface area contributed by atoms with E-state index in [0.717, 1.165) is 6.07 Å². The minimum atomic E-state index is -1.000. The van der Waals surface area contributed by atoms with E-state index in [1.54, 1.807) is 18.2 Å². The fourth-order valence-electron chi connectivity index (χ4n) is 1.92. The first-order chi connectivity index (χ1) is 9.56. The first kappa shape index (κ1) is 12.7. The van der Waals surface area contributed by atoms with Gasteiger partial charge in [-0.2, -0.15) is 0 Å². The van der Waals surface area contributed by atoms with Crippen molar-refractivity contribution in [2.75, 3.05) is 5.73 Å². The fraction of sp³-hybridized carbons (Fsp3) is 0. The molecule has 0 aliphatic carbocycles. The third-order valence-corrected chi connectivity index (χ3v) is 3.11. The Hall–Kier alpha value is -2.27. The molecule has 0 radical (unpaired) electrons. The van der Waals surface area contributed by atoms with Crippen molar-refractivity contribution in [2.45, 2.75) is 0 Å². The van der Waals surface area contributed by atoms with E-state index in [4.69, 9.17) is 17.3 Å². The second kappa shape index (κ2) is 4.68. The summed E-state index contributed by atoms with van der Waals surface area (Å²) in [6.45, 7) is 0. The molecular formula is C14H8ClF2N3. The molecule has 3 rings (SSSR count). The quantitative estimate of drug-likeness (QED) is 0.742. The molecule has 0 fully saturated rings. The van der Waals surface area contributed by atoms with E-state index < -0.39 is 11.6 Å². The number of nitrogens with zero attached hydrogens (tertiary/aromatic N) is 2. The summed E-state index contributed by atoms with van der Waals surface area (Å²) in [5.74, 6) is -1.76. The van der Waals surface area contributed by atoms with Crippen molar-refractivity contribution in [1.29, 1.82) is 0 Å². The SMILES string of the molecule is Nc1nc(-c2cccc(F)c2F)nc2ccc(Cl)cc12. The number of rotatable bonds is 1. The number of fused-ring (bicyclic) bond motifs is 1. The molecule has 100 valence electrons. The second-order valence-electron chi connectivity index (χ2n) is 4.20. The highest BCUT2D eigenvalue weighted by molar-refractivity contribution is 6.31. The Kier molecular flexibility index (Phi) is 2.99. The van der Waals surface area contributed by atoms with Gasteiger partial charge in [0.25, 0.3) is 0 Å². The highest BCUT2D eigenvalue weighted by Crippen LogP contribution is 2.27. The van der Waals surface area contributed by atoms with E-state index in [1.165, 1.54) is 12.1 Å². The van der Waals surface area contributed by atoms with Gasteiger partial charge in [0.1, 0.15) is 5.82 Å². The Morgan fingerprint density at radius 2 is 1.85 bits per heavy atom. The zero-order valence-corrected chi connectivity index (χ0v) is 10.8. The van der Waals surface area contributed by atoms with Crippen molar-refractivity contribution < 1.29 is 8.78 Å². The first-order valence-electron chi connectivity index (χ1n) is 5.73. The molecule has 1 heterocycles. The summed E-state index contributed by atoms with van der Waals surface area (Å²) < 4.78 is 27.0. The standard InChI is InChI=1S/C14H8ClF2N3/c15-7-4-5-11-9(6-7)13(18)20-14(19-11)8-2-1-3-10(16)12(8)17/h1-6H,(H2,18,19,20). The van der Waals surface area contributed by atoms with Crippen LogP contribution in [0.2, 0.25) is 5.02 Å². The van der Waals surface area contributed by atoms with Gasteiger partial charge in [-0.1, -0.05) is 17.7 Å². The molecule has 0 unspecified atom stereocenters. The maximum atomic E-state index is 13.8. The predicted octanol–water partition coefficient (Wildman–Crippen LogP) is 3.81. The number of hydrogen-bond acceptors (Lipinski definition) is 3. The van der Waals surface area contributed by atoms with E-state index in [1.807, 2.05) is 0 Å². The van der Waals surface area contributed by atoms with Gasteiger partial charge in [-0.15, -0.1) is 0 Å². The van der Waals surface area contributed by atoms with Crippen LogP contribution in [0.1, 0.15) is 0 Å². The Morgan fingerprint density at radius 3 is 2.65 bits per heavy atom. The average Bonchev–Trinajstić information content (AvgIpc) is 2.42. The molecule has 20 heavy (non-hydrogen) atoms. The number of hydrogen-bond donors (Lipinski definition) is 1. The molecule has 0 aliphatic rings. The molecule has 6 heteroatoms. The molecule has 0 amide bonds. The van der Waals surface area contributed by atoms with Gasteiger partial charge in [-0.05, 0) is 30.3 Å². The molecule has 2 aromatic carbocycles. The molecule has 0 saturated heterocycles. The molecule has 0 saturated carbocycles. The van der Waals surface area contributed by atoms with Crippen LogP contribution >= 0.6 is 11.6 Å². The molecule has 0 atom stereocenters. The van der Waals surface area contributed by atoms with Gasteiger partial charge >= 0.3 is 0 Å². The summed E-state index contributed by atoms with van der Waals surface area (Å²) in [6.07, 6.45) is 0. The summed E-state index contributed by atoms with van der Waals surface area (Å²) in [6, 6.07) is 8.73. The predicted molar refractivity (Wildman–Crippen MR) is 74.3 cm³/mol. The van der Waals surface area contributed by atoms with Gasteiger partial charge in [0.15, 0.2) is 17.5 Å². The third kappa shape index (κ3) is 2.06. The minimum absolute atomic E-state index is 0.0337. The van der Waals surface area contributed by atoms with Crippen molar-refractivity contribution in [1.82, 2.24) is 9.97 Å². The summed E-state index contributed by atoms with van der Waals surface area (Å²) in [7, 11) is 0. The van der Waals surface area contributed by atoms with Crippen LogP contribution in [0.4, 0.5) is 14.6 Å². The number of anilines is 1. The van der Waals surface area contributed by atoms with E-state index in [-0.39, 0.29) is 17.2 Å². The highest BCUT2D eigenvalue weighted by atomic mass is 35.5. The Morgan fingerprint density at radius 1 is 1.05 bits per heavy atom. The second-order valence-corrected chi connectivity index (χ2v) is 4.63. The number of aromatic nitrogens is 2. The van der Waals surface area contributed by atoms with Gasteiger partial charge in [0.2, 0.25) is 0 Å². The lowest BCUT2D eigenvalue weighted by Crippen LogP contribution is -2.00. The number of benzene rings is 2. The van der Waals surface area contributed by atoms with Crippen molar-refractivity contribution in [3.8, 4) is 11.4 Å². The van der Waals surface area contributed by atoms with Gasteiger partial charge in [-0.3, -0.25) is 0 Å². The Balaban J connectivity index is 2.28. The van der Waals surface area contributed by atoms with E-state index in [2.05, 4.69) is 9.97 Å². The largest absolute Gasteiger partial charge is 0.383 e. The molecule has 0 bridgehead atoms. The minimum Gasteiger partial charge on any atom is -0.383 e. The molecule has 1 aromatic heterocycles. The molecule has 3 nitrogen and oxygen atoms in total. The monoisotopic (exact) mass is 291 g/mol. The smallest absolute Gasteiger partial charge is 0.169 e. The molecule has 2 N–H and O–H groups in total. The molecule has 0 aliphatic heterocycles. The maximum absolute atomic E-state index is 13.8. The van der Waals surface area contributed by atoms with Gasteiger partial charge in [0, 0.05) is 10.4 Å². The van der Waals surface area contributed by atoms with Crippen LogP contribution in [-0.2, 0) is 0 Å². The van der Waals surface area contributed by atoms with Gasteiger partial charge in [0.05, 0.1) is 11.1 Å². The Labute approximate surface area is 118 Å².